The first-order chi connectivity index (χ1) is 3.18. The number of rotatable bonds is 1. The zero-order valence-corrected chi connectivity index (χ0v) is 4.62. The van der Waals surface area contributed by atoms with E-state index in [2.05, 4.69) is 5.73 Å². The highest BCUT2D eigenvalue weighted by Gasteiger charge is 1.93. The number of primary amides is 1. The predicted molar refractivity (Wildman–Crippen MR) is 28.0 cm³/mol. The van der Waals surface area contributed by atoms with Gasteiger partial charge < -0.3 is 5.73 Å². The van der Waals surface area contributed by atoms with Crippen LogP contribution in [0.2, 0.25) is 0 Å². The maximum atomic E-state index is 9.89. The molecule has 3 nitrogen and oxygen atoms in total. The Labute approximate surface area is 44.6 Å². The van der Waals surface area contributed by atoms with E-state index in [4.69, 9.17) is 0 Å². The molecule has 1 amide bonds. The molecule has 0 unspecified atom stereocenters. The van der Waals surface area contributed by atoms with E-state index in [9.17, 15) is 9.00 Å². The van der Waals surface area contributed by atoms with E-state index in [1.807, 2.05) is 0 Å². The zero-order chi connectivity index (χ0) is 5.86. The lowest BCUT2D eigenvalue weighted by Gasteiger charge is -1.78. The third-order valence-corrected chi connectivity index (χ3v) is 0.923. The van der Waals surface area contributed by atoms with Crippen LogP contribution in [0.25, 0.3) is 0 Å². The maximum absolute atomic E-state index is 9.89. The normalized spacial score (nSPS) is 7.57. The van der Waals surface area contributed by atoms with E-state index < -0.39 is 5.91 Å². The molecule has 2 N–H and O–H groups in total. The summed E-state index contributed by atoms with van der Waals surface area (Å²) in [6, 6.07) is 0. The van der Waals surface area contributed by atoms with Crippen molar-refractivity contribution in [2.75, 3.05) is 0 Å². The fourth-order valence-corrected chi connectivity index (χ4v) is 0.123. The molecule has 0 heterocycles. The Morgan fingerprint density at radius 3 is 2.14 bits per heavy atom. The molecule has 0 aromatic heterocycles. The highest BCUT2D eigenvalue weighted by atomic mass is 32.1. The summed E-state index contributed by atoms with van der Waals surface area (Å²) in [6.45, 7) is 1.39. The fourth-order valence-electron chi connectivity index (χ4n) is 0.0411. The van der Waals surface area contributed by atoms with Gasteiger partial charge in [-0.25, -0.2) is 4.21 Å². The summed E-state index contributed by atoms with van der Waals surface area (Å²) in [7, 11) is 0. The molecule has 0 aromatic carbocycles. The van der Waals surface area contributed by atoms with E-state index in [-0.39, 0.29) is 16.1 Å². The van der Waals surface area contributed by atoms with Gasteiger partial charge in [0.25, 0.3) is 5.91 Å². The lowest BCUT2D eigenvalue weighted by atomic mass is 10.5. The molecule has 0 atom stereocenters. The Morgan fingerprint density at radius 2 is 2.14 bits per heavy atom. The van der Waals surface area contributed by atoms with Gasteiger partial charge in [-0.3, -0.25) is 4.79 Å². The number of carbonyl (C=O) groups excluding carboxylic acids is 1. The summed E-state index contributed by atoms with van der Waals surface area (Å²) in [5.74, 6) is -0.639. The average Bonchev–Trinajstić information content (AvgIpc) is 1.65. The van der Waals surface area contributed by atoms with Gasteiger partial charge in [0.15, 0.2) is 0 Å². The van der Waals surface area contributed by atoms with Gasteiger partial charge in [0, 0.05) is 0 Å². The van der Waals surface area contributed by atoms with E-state index in [0.717, 1.165) is 0 Å². The number of hydrogen-bond donors (Lipinski definition) is 1. The van der Waals surface area contributed by atoms with Crippen LogP contribution in [-0.2, 0) is 16.1 Å². The van der Waals surface area contributed by atoms with Crippen molar-refractivity contribution in [3.05, 3.63) is 0 Å². The van der Waals surface area contributed by atoms with Crippen LogP contribution in [0.3, 0.4) is 0 Å². The highest BCUT2D eigenvalue weighted by molar-refractivity contribution is 7.68. The second-order valence-electron chi connectivity index (χ2n) is 1.00. The molecule has 0 radical (unpaired) electrons. The Balaban J connectivity index is 4.10. The molecular weight excluding hydrogens is 114 g/mol. The molecule has 0 saturated carbocycles. The van der Waals surface area contributed by atoms with Gasteiger partial charge in [0.1, 0.15) is 4.86 Å². The maximum Gasteiger partial charge on any atom is 0.257 e. The number of carbonyl (C=O) groups is 1. The minimum absolute atomic E-state index is 0.0972. The number of hydrogen-bond acceptors (Lipinski definition) is 2. The van der Waals surface area contributed by atoms with Gasteiger partial charge >= 0.3 is 0 Å². The third-order valence-electron chi connectivity index (χ3n) is 0.472. The van der Waals surface area contributed by atoms with Crippen LogP contribution in [0.5, 0.6) is 0 Å². The van der Waals surface area contributed by atoms with Crippen molar-refractivity contribution in [1.82, 2.24) is 0 Å². The van der Waals surface area contributed by atoms with E-state index in [1.165, 1.54) is 6.92 Å². The Kier molecular flexibility index (Phi) is 2.29. The van der Waals surface area contributed by atoms with Gasteiger partial charge in [-0.15, -0.1) is 0 Å². The number of amides is 1. The molecule has 0 saturated heterocycles. The van der Waals surface area contributed by atoms with Crippen molar-refractivity contribution in [3.8, 4) is 0 Å². The SMILES string of the molecule is CC(=S=O)C(N)=O. The van der Waals surface area contributed by atoms with E-state index >= 15 is 0 Å². The molecule has 7 heavy (non-hydrogen) atoms. The summed E-state index contributed by atoms with van der Waals surface area (Å²) in [5, 5.41) is 0. The second kappa shape index (κ2) is 2.52. The molecule has 0 aliphatic rings. The molecule has 0 bridgehead atoms. The molecule has 40 valence electrons. The Hall–Kier alpha value is -0.640. The van der Waals surface area contributed by atoms with Crippen LogP contribution in [0, 0.1) is 0 Å². The topological polar surface area (TPSA) is 60.2 Å². The van der Waals surface area contributed by atoms with Crippen LogP contribution >= 0.6 is 0 Å². The van der Waals surface area contributed by atoms with Crippen molar-refractivity contribution in [1.29, 1.82) is 0 Å². The van der Waals surface area contributed by atoms with Crippen molar-refractivity contribution >= 4 is 22.0 Å². The van der Waals surface area contributed by atoms with Crippen molar-refractivity contribution in [2.24, 2.45) is 5.73 Å². The molecule has 0 aromatic rings. The minimum atomic E-state index is -0.639. The van der Waals surface area contributed by atoms with Gasteiger partial charge in [-0.2, -0.15) is 0 Å². The molecule has 0 aliphatic heterocycles. The first kappa shape index (κ1) is 6.36. The molecule has 4 heteroatoms. The largest absolute Gasteiger partial charge is 0.365 e. The lowest BCUT2D eigenvalue weighted by molar-refractivity contribution is -0.111. The molecule has 0 spiro atoms. The smallest absolute Gasteiger partial charge is 0.257 e. The lowest BCUT2D eigenvalue weighted by Crippen LogP contribution is -2.19. The summed E-state index contributed by atoms with van der Waals surface area (Å²) in [5.41, 5.74) is 4.65. The van der Waals surface area contributed by atoms with Crippen LogP contribution in [-0.4, -0.2) is 15.0 Å². The Morgan fingerprint density at radius 1 is 1.71 bits per heavy atom. The van der Waals surface area contributed by atoms with Crippen LogP contribution < -0.4 is 5.73 Å². The first-order valence-electron chi connectivity index (χ1n) is 1.61. The van der Waals surface area contributed by atoms with Crippen molar-refractivity contribution in [2.45, 2.75) is 6.92 Å². The molecule has 0 aliphatic carbocycles. The summed E-state index contributed by atoms with van der Waals surface area (Å²) in [4.78, 5) is 9.99. The van der Waals surface area contributed by atoms with Gasteiger partial charge in [-0.05, 0) is 6.92 Å². The van der Waals surface area contributed by atoms with Gasteiger partial charge in [-0.1, -0.05) is 0 Å². The Bertz CT molecular complexity index is 136. The zero-order valence-electron chi connectivity index (χ0n) is 3.80. The third kappa shape index (κ3) is 2.11. The van der Waals surface area contributed by atoms with Crippen molar-refractivity contribution < 1.29 is 9.00 Å². The van der Waals surface area contributed by atoms with Crippen LogP contribution in [0.15, 0.2) is 0 Å². The highest BCUT2D eigenvalue weighted by Crippen LogP contribution is 1.60. The van der Waals surface area contributed by atoms with Crippen LogP contribution in [0.1, 0.15) is 6.92 Å². The fraction of sp³-hybridized carbons (Fsp3) is 0.333. The standard InChI is InChI=1S/C3H5NO2S/c1-2(7-6)3(4)5/h1H3,(H2,4,5). The van der Waals surface area contributed by atoms with E-state index in [0.29, 0.717) is 0 Å². The first-order valence-corrected chi connectivity index (χ1v) is 2.36. The second-order valence-corrected chi connectivity index (χ2v) is 1.78. The van der Waals surface area contributed by atoms with Crippen molar-refractivity contribution in [3.63, 3.8) is 0 Å². The summed E-state index contributed by atoms with van der Waals surface area (Å²) >= 11 is 0.125. The molecule has 0 rings (SSSR count). The average molecular weight is 119 g/mol. The molecule has 0 fully saturated rings. The van der Waals surface area contributed by atoms with Crippen LogP contribution in [0.4, 0.5) is 0 Å². The monoisotopic (exact) mass is 119 g/mol. The predicted octanol–water partition coefficient (Wildman–Crippen LogP) is -1.12. The van der Waals surface area contributed by atoms with E-state index in [1.54, 1.807) is 0 Å². The number of nitrogens with two attached hydrogens (primary N) is 1. The van der Waals surface area contributed by atoms with Gasteiger partial charge in [0.2, 0.25) is 0 Å². The summed E-state index contributed by atoms with van der Waals surface area (Å²) < 4.78 is 9.65. The quantitative estimate of drug-likeness (QED) is 0.444. The van der Waals surface area contributed by atoms with Gasteiger partial charge in [0.05, 0.1) is 11.3 Å². The minimum Gasteiger partial charge on any atom is -0.365 e. The summed E-state index contributed by atoms with van der Waals surface area (Å²) in [6.07, 6.45) is 0. The molecular formula is C3H5NO2S.